The molecule has 26 heavy (non-hydrogen) atoms. The largest absolute Gasteiger partial charge is 0.451 e. The lowest BCUT2D eigenvalue weighted by Crippen LogP contribution is -2.26. The lowest BCUT2D eigenvalue weighted by atomic mass is 10.2. The third-order valence-electron chi connectivity index (χ3n) is 3.53. The van der Waals surface area contributed by atoms with E-state index in [-0.39, 0.29) is 30.1 Å². The summed E-state index contributed by atoms with van der Waals surface area (Å²) in [4.78, 5) is 24.4. The number of benzene rings is 1. The third kappa shape index (κ3) is 3.79. The number of nitrogens with zero attached hydrogens (tertiary/aromatic N) is 2. The number of nitriles is 1. The molecule has 3 aromatic rings. The Bertz CT molecular complexity index is 953. The van der Waals surface area contributed by atoms with Crippen LogP contribution in [-0.4, -0.2) is 28.6 Å². The summed E-state index contributed by atoms with van der Waals surface area (Å²) >= 11 is 0. The SMILES string of the molecule is N#CCCNC(=O)c1[nH]ncc1NC(=O)c1ccc(-c2ccccc2)o1. The smallest absolute Gasteiger partial charge is 0.291 e. The molecule has 8 nitrogen and oxygen atoms in total. The fraction of sp³-hybridized carbons (Fsp3) is 0.111. The van der Waals surface area contributed by atoms with Crippen LogP contribution in [0.25, 0.3) is 11.3 Å². The highest BCUT2D eigenvalue weighted by atomic mass is 16.3. The lowest BCUT2D eigenvalue weighted by Gasteiger charge is -2.05. The Morgan fingerprint density at radius 1 is 1.15 bits per heavy atom. The van der Waals surface area contributed by atoms with Crippen LogP contribution in [-0.2, 0) is 0 Å². The summed E-state index contributed by atoms with van der Waals surface area (Å²) in [5.74, 6) is -0.282. The first kappa shape index (κ1) is 17.0. The quantitative estimate of drug-likeness (QED) is 0.590. The van der Waals surface area contributed by atoms with Crippen molar-refractivity contribution < 1.29 is 14.0 Å². The van der Waals surface area contributed by atoms with E-state index in [0.29, 0.717) is 5.76 Å². The van der Waals surface area contributed by atoms with E-state index < -0.39 is 11.8 Å². The van der Waals surface area contributed by atoms with Crippen LogP contribution in [0, 0.1) is 11.3 Å². The molecule has 1 aromatic carbocycles. The molecular formula is C18H15N5O3. The molecule has 0 unspecified atom stereocenters. The minimum Gasteiger partial charge on any atom is -0.451 e. The van der Waals surface area contributed by atoms with Crippen molar-refractivity contribution in [2.24, 2.45) is 0 Å². The van der Waals surface area contributed by atoms with Crippen molar-refractivity contribution in [1.29, 1.82) is 5.26 Å². The van der Waals surface area contributed by atoms with Crippen molar-refractivity contribution in [3.05, 3.63) is 60.1 Å². The van der Waals surface area contributed by atoms with Crippen molar-refractivity contribution in [3.63, 3.8) is 0 Å². The number of carbonyl (C=O) groups is 2. The number of anilines is 1. The highest BCUT2D eigenvalue weighted by molar-refractivity contribution is 6.07. The second-order valence-corrected chi connectivity index (χ2v) is 5.31. The Morgan fingerprint density at radius 2 is 1.96 bits per heavy atom. The Morgan fingerprint density at radius 3 is 2.73 bits per heavy atom. The molecule has 0 atom stereocenters. The van der Waals surface area contributed by atoms with Gasteiger partial charge in [-0.05, 0) is 12.1 Å². The number of carbonyl (C=O) groups excluding carboxylic acids is 2. The lowest BCUT2D eigenvalue weighted by molar-refractivity contribution is 0.0950. The van der Waals surface area contributed by atoms with E-state index in [1.165, 1.54) is 6.20 Å². The molecule has 0 aliphatic heterocycles. The topological polar surface area (TPSA) is 124 Å². The summed E-state index contributed by atoms with van der Waals surface area (Å²) in [6, 6.07) is 14.6. The normalized spacial score (nSPS) is 10.1. The number of nitrogens with one attached hydrogen (secondary N) is 3. The highest BCUT2D eigenvalue weighted by Gasteiger charge is 2.18. The molecule has 3 rings (SSSR count). The van der Waals surface area contributed by atoms with Crippen LogP contribution in [0.2, 0.25) is 0 Å². The zero-order valence-electron chi connectivity index (χ0n) is 13.7. The molecule has 0 fully saturated rings. The number of amides is 2. The molecule has 0 radical (unpaired) electrons. The molecule has 0 aliphatic carbocycles. The monoisotopic (exact) mass is 349 g/mol. The number of aromatic nitrogens is 2. The molecule has 130 valence electrons. The average molecular weight is 349 g/mol. The fourth-order valence-corrected chi connectivity index (χ4v) is 2.28. The Kier molecular flexibility index (Phi) is 5.10. The van der Waals surface area contributed by atoms with Gasteiger partial charge in [-0.3, -0.25) is 14.7 Å². The molecule has 0 saturated heterocycles. The van der Waals surface area contributed by atoms with Crippen molar-refractivity contribution in [1.82, 2.24) is 15.5 Å². The van der Waals surface area contributed by atoms with E-state index in [2.05, 4.69) is 20.8 Å². The van der Waals surface area contributed by atoms with Crippen LogP contribution in [0.1, 0.15) is 27.5 Å². The molecule has 2 aromatic heterocycles. The molecule has 0 bridgehead atoms. The minimum atomic E-state index is -0.500. The molecule has 8 heteroatoms. The van der Waals surface area contributed by atoms with Gasteiger partial charge in [0, 0.05) is 12.1 Å². The average Bonchev–Trinajstić information content (AvgIpc) is 3.32. The Labute approximate surface area is 148 Å². The maximum absolute atomic E-state index is 12.4. The van der Waals surface area contributed by atoms with Crippen LogP contribution in [0.15, 0.2) is 53.1 Å². The van der Waals surface area contributed by atoms with Gasteiger partial charge in [0.05, 0.1) is 24.4 Å². The summed E-state index contributed by atoms with van der Waals surface area (Å²) in [5.41, 5.74) is 1.18. The molecule has 2 heterocycles. The van der Waals surface area contributed by atoms with Gasteiger partial charge in [0.15, 0.2) is 5.76 Å². The number of hydrogen-bond donors (Lipinski definition) is 3. The predicted molar refractivity (Wildman–Crippen MR) is 93.2 cm³/mol. The molecule has 0 spiro atoms. The van der Waals surface area contributed by atoms with Crippen molar-refractivity contribution in [3.8, 4) is 17.4 Å². The zero-order valence-corrected chi connectivity index (χ0v) is 13.7. The number of furan rings is 1. The van der Waals surface area contributed by atoms with Gasteiger partial charge in [0.1, 0.15) is 11.5 Å². The molecule has 2 amide bonds. The maximum atomic E-state index is 12.4. The number of hydrogen-bond acceptors (Lipinski definition) is 5. The molecule has 0 aliphatic rings. The number of aromatic amines is 1. The van der Waals surface area contributed by atoms with Gasteiger partial charge in [0.25, 0.3) is 11.8 Å². The van der Waals surface area contributed by atoms with Gasteiger partial charge in [-0.25, -0.2) is 0 Å². The van der Waals surface area contributed by atoms with E-state index >= 15 is 0 Å². The number of rotatable bonds is 6. The van der Waals surface area contributed by atoms with E-state index in [0.717, 1.165) is 5.56 Å². The van der Waals surface area contributed by atoms with E-state index in [9.17, 15) is 9.59 Å². The van der Waals surface area contributed by atoms with Crippen LogP contribution >= 0.6 is 0 Å². The van der Waals surface area contributed by atoms with Crippen LogP contribution in [0.5, 0.6) is 0 Å². The first-order valence-corrected chi connectivity index (χ1v) is 7.84. The van der Waals surface area contributed by atoms with Gasteiger partial charge in [0.2, 0.25) is 0 Å². The molecule has 3 N–H and O–H groups in total. The van der Waals surface area contributed by atoms with Crippen molar-refractivity contribution in [2.45, 2.75) is 6.42 Å². The minimum absolute atomic E-state index is 0.103. The predicted octanol–water partition coefficient (Wildman–Crippen LogP) is 2.57. The Balaban J connectivity index is 1.70. The molecular weight excluding hydrogens is 334 g/mol. The number of H-pyrrole nitrogens is 1. The van der Waals surface area contributed by atoms with Crippen LogP contribution < -0.4 is 10.6 Å². The first-order chi connectivity index (χ1) is 12.7. The second-order valence-electron chi connectivity index (χ2n) is 5.31. The second kappa shape index (κ2) is 7.81. The highest BCUT2D eigenvalue weighted by Crippen LogP contribution is 2.22. The summed E-state index contributed by atoms with van der Waals surface area (Å²) < 4.78 is 5.58. The zero-order chi connectivity index (χ0) is 18.4. The van der Waals surface area contributed by atoms with Gasteiger partial charge in [-0.1, -0.05) is 30.3 Å². The van der Waals surface area contributed by atoms with Crippen molar-refractivity contribution >= 4 is 17.5 Å². The molecule has 0 saturated carbocycles. The maximum Gasteiger partial charge on any atom is 0.291 e. The standard InChI is InChI=1S/C18H15N5O3/c19-9-4-10-20-18(25)16-13(11-21-23-16)22-17(24)15-8-7-14(26-15)12-5-2-1-3-6-12/h1-3,5-8,11H,4,10H2,(H,20,25)(H,21,23)(H,22,24). The van der Waals surface area contributed by atoms with Gasteiger partial charge in [-0.2, -0.15) is 10.4 Å². The van der Waals surface area contributed by atoms with Gasteiger partial charge < -0.3 is 15.1 Å². The summed E-state index contributed by atoms with van der Waals surface area (Å²) in [7, 11) is 0. The third-order valence-corrected chi connectivity index (χ3v) is 3.53. The summed E-state index contributed by atoms with van der Waals surface area (Å²) in [5, 5.41) is 20.0. The van der Waals surface area contributed by atoms with E-state index in [4.69, 9.17) is 9.68 Å². The van der Waals surface area contributed by atoms with Gasteiger partial charge >= 0.3 is 0 Å². The summed E-state index contributed by atoms with van der Waals surface area (Å²) in [6.07, 6.45) is 1.52. The van der Waals surface area contributed by atoms with E-state index in [1.807, 2.05) is 36.4 Å². The Hall–Kier alpha value is -3.86. The van der Waals surface area contributed by atoms with Crippen LogP contribution in [0.4, 0.5) is 5.69 Å². The first-order valence-electron chi connectivity index (χ1n) is 7.84. The van der Waals surface area contributed by atoms with E-state index in [1.54, 1.807) is 12.1 Å². The van der Waals surface area contributed by atoms with Gasteiger partial charge in [-0.15, -0.1) is 0 Å². The van der Waals surface area contributed by atoms with Crippen molar-refractivity contribution in [2.75, 3.05) is 11.9 Å². The fourth-order valence-electron chi connectivity index (χ4n) is 2.28. The van der Waals surface area contributed by atoms with Crippen LogP contribution in [0.3, 0.4) is 0 Å². The summed E-state index contributed by atoms with van der Waals surface area (Å²) in [6.45, 7) is 0.209.